The third-order valence-corrected chi connectivity index (χ3v) is 7.45. The van der Waals surface area contributed by atoms with Crippen molar-refractivity contribution in [1.29, 1.82) is 0 Å². The Morgan fingerprint density at radius 2 is 2.17 bits per heavy atom. The molecule has 1 aromatic heterocycles. The molecule has 1 saturated heterocycles. The predicted molar refractivity (Wildman–Crippen MR) is 105 cm³/mol. The first-order chi connectivity index (χ1) is 13.9. The lowest BCUT2D eigenvalue weighted by molar-refractivity contribution is -0.118. The highest BCUT2D eigenvalue weighted by Gasteiger charge is 2.59. The molecule has 4 atom stereocenters. The summed E-state index contributed by atoms with van der Waals surface area (Å²) >= 11 is 0. The van der Waals surface area contributed by atoms with Gasteiger partial charge in [0.25, 0.3) is 0 Å². The number of hydrogen-bond donors (Lipinski definition) is 3. The van der Waals surface area contributed by atoms with E-state index in [1.165, 1.54) is 0 Å². The van der Waals surface area contributed by atoms with Gasteiger partial charge in [0.15, 0.2) is 5.82 Å². The van der Waals surface area contributed by atoms with Crippen LogP contribution in [0.25, 0.3) is 0 Å². The van der Waals surface area contributed by atoms with Crippen molar-refractivity contribution in [3.05, 3.63) is 11.8 Å². The average molecular weight is 402 g/mol. The Bertz CT molecular complexity index is 796. The zero-order valence-corrected chi connectivity index (χ0v) is 17.0. The fourth-order valence-electron chi connectivity index (χ4n) is 5.19. The number of rotatable bonds is 5. The summed E-state index contributed by atoms with van der Waals surface area (Å²) in [5.74, 6) is 0.930. The number of nitrogens with one attached hydrogen (secondary N) is 3. The maximum atomic E-state index is 12.5. The van der Waals surface area contributed by atoms with Crippen LogP contribution in [0, 0.1) is 11.3 Å². The van der Waals surface area contributed by atoms with Crippen LogP contribution in [0.5, 0.6) is 0 Å². The minimum Gasteiger partial charge on any atom is -0.446 e. The highest BCUT2D eigenvalue weighted by Crippen LogP contribution is 2.58. The molecule has 3 N–H and O–H groups in total. The maximum absolute atomic E-state index is 12.5. The minimum atomic E-state index is -0.301. The van der Waals surface area contributed by atoms with E-state index in [0.29, 0.717) is 12.4 Å². The van der Waals surface area contributed by atoms with E-state index < -0.39 is 0 Å². The van der Waals surface area contributed by atoms with Gasteiger partial charge in [-0.15, -0.1) is 0 Å². The number of aromatic amines is 1. The van der Waals surface area contributed by atoms with E-state index in [-0.39, 0.29) is 40.9 Å². The van der Waals surface area contributed by atoms with Gasteiger partial charge in [-0.1, -0.05) is 0 Å². The fourth-order valence-corrected chi connectivity index (χ4v) is 5.19. The molecule has 1 aromatic rings. The molecule has 0 aromatic carbocycles. The largest absolute Gasteiger partial charge is 0.446 e. The summed E-state index contributed by atoms with van der Waals surface area (Å²) in [6.07, 6.45) is 7.29. The van der Waals surface area contributed by atoms with Crippen molar-refractivity contribution in [2.45, 2.75) is 75.9 Å². The van der Waals surface area contributed by atoms with Gasteiger partial charge >= 0.3 is 6.09 Å². The first-order valence-corrected chi connectivity index (χ1v) is 10.9. The smallest absolute Gasteiger partial charge is 0.407 e. The van der Waals surface area contributed by atoms with Crippen LogP contribution in [0.1, 0.15) is 69.9 Å². The van der Waals surface area contributed by atoms with Gasteiger partial charge in [0.05, 0.1) is 6.61 Å². The van der Waals surface area contributed by atoms with Crippen LogP contribution >= 0.6 is 0 Å². The minimum absolute atomic E-state index is 0.0438. The lowest BCUT2D eigenvalue weighted by atomic mass is 9.79. The Morgan fingerprint density at radius 3 is 2.90 bits per heavy atom. The van der Waals surface area contributed by atoms with Crippen molar-refractivity contribution in [2.24, 2.45) is 11.3 Å². The van der Waals surface area contributed by atoms with Crippen LogP contribution < -0.4 is 10.6 Å². The third kappa shape index (κ3) is 3.74. The number of hydrogen-bond acceptors (Lipinski definition) is 5. The van der Waals surface area contributed by atoms with Gasteiger partial charge in [-0.3, -0.25) is 9.89 Å². The van der Waals surface area contributed by atoms with Crippen LogP contribution in [-0.2, 0) is 14.3 Å². The fraction of sp³-hybridized carbons (Fsp3) is 0.762. The molecule has 3 saturated carbocycles. The molecule has 5 rings (SSSR count). The van der Waals surface area contributed by atoms with Gasteiger partial charge in [0.1, 0.15) is 6.10 Å². The quantitative estimate of drug-likeness (QED) is 0.702. The summed E-state index contributed by atoms with van der Waals surface area (Å²) < 4.78 is 11.1. The molecule has 2 amide bonds. The molecule has 158 valence electrons. The number of alkyl carbamates (subject to hydrolysis) is 1. The van der Waals surface area contributed by atoms with Crippen molar-refractivity contribution in [1.82, 2.24) is 15.5 Å². The van der Waals surface area contributed by atoms with Crippen molar-refractivity contribution in [2.75, 3.05) is 18.5 Å². The van der Waals surface area contributed by atoms with Gasteiger partial charge in [0, 0.05) is 41.2 Å². The van der Waals surface area contributed by atoms with Gasteiger partial charge in [0.2, 0.25) is 5.91 Å². The van der Waals surface area contributed by atoms with E-state index in [0.717, 1.165) is 63.7 Å². The first kappa shape index (κ1) is 18.9. The van der Waals surface area contributed by atoms with E-state index in [4.69, 9.17) is 9.47 Å². The van der Waals surface area contributed by atoms with Crippen molar-refractivity contribution < 1.29 is 19.1 Å². The van der Waals surface area contributed by atoms with Gasteiger partial charge < -0.3 is 20.1 Å². The highest BCUT2D eigenvalue weighted by molar-refractivity contribution is 5.94. The van der Waals surface area contributed by atoms with E-state index in [9.17, 15) is 9.59 Å². The average Bonchev–Trinajstić information content (AvgIpc) is 3.08. The first-order valence-electron chi connectivity index (χ1n) is 10.9. The lowest BCUT2D eigenvalue weighted by Crippen LogP contribution is -2.51. The molecule has 29 heavy (non-hydrogen) atoms. The van der Waals surface area contributed by atoms with Crippen LogP contribution in [0.3, 0.4) is 0 Å². The van der Waals surface area contributed by atoms with E-state index in [2.05, 4.69) is 27.8 Å². The number of amides is 2. The van der Waals surface area contributed by atoms with Crippen LogP contribution in [0.2, 0.25) is 0 Å². The number of anilines is 1. The van der Waals surface area contributed by atoms with Crippen LogP contribution in [0.15, 0.2) is 6.07 Å². The Balaban J connectivity index is 1.10. The summed E-state index contributed by atoms with van der Waals surface area (Å²) in [7, 11) is 0. The molecule has 1 aliphatic heterocycles. The zero-order chi connectivity index (χ0) is 20.1. The summed E-state index contributed by atoms with van der Waals surface area (Å²) in [6.45, 7) is 3.53. The second-order valence-corrected chi connectivity index (χ2v) is 9.70. The lowest BCUT2D eigenvalue weighted by Gasteiger charge is -2.38. The van der Waals surface area contributed by atoms with Gasteiger partial charge in [-0.25, -0.2) is 4.79 Å². The molecule has 0 radical (unpaired) electrons. The standard InChI is InChI=1S/C21H30N4O4/c1-20(5-2-6-20)23-19(27)29-14-4-3-13(9-14)16-10-17(25-24-16)22-18(26)15-11-21(15)7-8-28-12-21/h10,13-15H,2-9,11-12H2,1H3,(H,23,27)(H2,22,24,25,26)/t13-,14+,15?,21?/m0/s1. The number of H-pyrrole nitrogens is 1. The van der Waals surface area contributed by atoms with Crippen molar-refractivity contribution in [3.63, 3.8) is 0 Å². The molecule has 4 aliphatic rings. The maximum Gasteiger partial charge on any atom is 0.407 e. The summed E-state index contributed by atoms with van der Waals surface area (Å²) in [5.41, 5.74) is 0.986. The Kier molecular flexibility index (Phi) is 4.57. The third-order valence-electron chi connectivity index (χ3n) is 7.45. The molecule has 3 aliphatic carbocycles. The van der Waals surface area contributed by atoms with Crippen molar-refractivity contribution in [3.8, 4) is 0 Å². The molecular formula is C21H30N4O4. The monoisotopic (exact) mass is 402 g/mol. The van der Waals surface area contributed by atoms with Crippen LogP contribution in [0.4, 0.5) is 10.6 Å². The Labute approximate surface area is 170 Å². The normalized spacial score (nSPS) is 34.6. The SMILES string of the molecule is CC1(NC(=O)O[C@@H]2CC[C@H](c3cc(NC(=O)C4CC45CCOC5)n[nH]3)C2)CCC1. The van der Waals surface area contributed by atoms with Crippen molar-refractivity contribution >= 4 is 17.8 Å². The Hall–Kier alpha value is -2.09. The molecule has 2 unspecified atom stereocenters. The van der Waals surface area contributed by atoms with E-state index in [1.807, 2.05) is 6.07 Å². The summed E-state index contributed by atoms with van der Waals surface area (Å²) in [5, 5.41) is 13.3. The topological polar surface area (TPSA) is 105 Å². The molecule has 8 heteroatoms. The zero-order valence-electron chi connectivity index (χ0n) is 17.0. The Morgan fingerprint density at radius 1 is 1.31 bits per heavy atom. The van der Waals surface area contributed by atoms with E-state index in [1.54, 1.807) is 0 Å². The van der Waals surface area contributed by atoms with E-state index >= 15 is 0 Å². The molecule has 2 heterocycles. The summed E-state index contributed by atoms with van der Waals surface area (Å²) in [6, 6.07) is 1.92. The molecule has 8 nitrogen and oxygen atoms in total. The van der Waals surface area contributed by atoms with Crippen LogP contribution in [-0.4, -0.2) is 47.1 Å². The number of nitrogens with zero attached hydrogens (tertiary/aromatic N) is 1. The van der Waals surface area contributed by atoms with Gasteiger partial charge in [-0.2, -0.15) is 5.10 Å². The number of ether oxygens (including phenoxy) is 2. The second-order valence-electron chi connectivity index (χ2n) is 9.70. The number of carbonyl (C=O) groups excluding carboxylic acids is 2. The molecule has 4 fully saturated rings. The summed E-state index contributed by atoms with van der Waals surface area (Å²) in [4.78, 5) is 24.6. The van der Waals surface area contributed by atoms with Gasteiger partial charge in [-0.05, 0) is 58.3 Å². The molecular weight excluding hydrogens is 372 g/mol. The highest BCUT2D eigenvalue weighted by atomic mass is 16.6. The number of carbonyl (C=O) groups is 2. The second kappa shape index (κ2) is 7.00. The molecule has 1 spiro atoms. The number of aromatic nitrogens is 2. The molecule has 0 bridgehead atoms. The predicted octanol–water partition coefficient (Wildman–Crippen LogP) is 3.08.